The Morgan fingerprint density at radius 2 is 2.33 bits per heavy atom. The standard InChI is InChI=1S/C6H5ClN4O/c1-12-6-8-2-4(7)5-9-3-10-11(5)6/h2-3H,1H3. The number of hydrogen-bond acceptors (Lipinski definition) is 4. The molecule has 0 atom stereocenters. The summed E-state index contributed by atoms with van der Waals surface area (Å²) in [5, 5.41) is 4.34. The lowest BCUT2D eigenvalue weighted by atomic mass is 10.6. The molecule has 2 aromatic heterocycles. The monoisotopic (exact) mass is 184 g/mol. The second kappa shape index (κ2) is 2.60. The smallest absolute Gasteiger partial charge is 0.319 e. The summed E-state index contributed by atoms with van der Waals surface area (Å²) >= 11 is 5.79. The third-order valence-corrected chi connectivity index (χ3v) is 1.68. The van der Waals surface area contributed by atoms with Gasteiger partial charge in [-0.25, -0.2) is 9.97 Å². The van der Waals surface area contributed by atoms with Gasteiger partial charge in [0.05, 0.1) is 13.3 Å². The minimum Gasteiger partial charge on any atom is -0.467 e. The van der Waals surface area contributed by atoms with Crippen molar-refractivity contribution < 1.29 is 4.74 Å². The predicted octanol–water partition coefficient (Wildman–Crippen LogP) is 0.786. The van der Waals surface area contributed by atoms with E-state index >= 15 is 0 Å². The number of fused-ring (bicyclic) bond motifs is 1. The van der Waals surface area contributed by atoms with Gasteiger partial charge in [-0.05, 0) is 0 Å². The van der Waals surface area contributed by atoms with E-state index < -0.39 is 0 Å². The van der Waals surface area contributed by atoms with E-state index in [9.17, 15) is 0 Å². The van der Waals surface area contributed by atoms with Crippen molar-refractivity contribution in [1.29, 1.82) is 0 Å². The lowest BCUT2D eigenvalue weighted by Gasteiger charge is -2.00. The molecular formula is C6H5ClN4O. The highest BCUT2D eigenvalue weighted by Gasteiger charge is 2.06. The molecule has 12 heavy (non-hydrogen) atoms. The van der Waals surface area contributed by atoms with Crippen LogP contribution >= 0.6 is 11.6 Å². The zero-order valence-corrected chi connectivity index (χ0v) is 6.99. The van der Waals surface area contributed by atoms with Crippen molar-refractivity contribution in [2.45, 2.75) is 0 Å². The third-order valence-electron chi connectivity index (χ3n) is 1.41. The first-order chi connectivity index (χ1) is 5.83. The summed E-state index contributed by atoms with van der Waals surface area (Å²) in [5.74, 6) is 0. The van der Waals surface area contributed by atoms with Gasteiger partial charge in [0.1, 0.15) is 11.3 Å². The Kier molecular flexibility index (Phi) is 1.58. The van der Waals surface area contributed by atoms with Gasteiger partial charge in [-0.2, -0.15) is 9.61 Å². The number of rotatable bonds is 1. The molecule has 0 saturated heterocycles. The third kappa shape index (κ3) is 0.902. The average Bonchev–Trinajstić information content (AvgIpc) is 2.54. The van der Waals surface area contributed by atoms with Crippen molar-refractivity contribution in [1.82, 2.24) is 19.6 Å². The summed E-state index contributed by atoms with van der Waals surface area (Å²) in [4.78, 5) is 7.83. The zero-order valence-electron chi connectivity index (χ0n) is 6.23. The van der Waals surface area contributed by atoms with Gasteiger partial charge in [0.2, 0.25) is 0 Å². The average molecular weight is 185 g/mol. The van der Waals surface area contributed by atoms with E-state index in [2.05, 4.69) is 15.1 Å². The summed E-state index contributed by atoms with van der Waals surface area (Å²) in [6.45, 7) is 0. The highest BCUT2D eigenvalue weighted by molar-refractivity contribution is 6.33. The first-order valence-electron chi connectivity index (χ1n) is 3.21. The van der Waals surface area contributed by atoms with Crippen LogP contribution in [0.1, 0.15) is 0 Å². The molecular weight excluding hydrogens is 180 g/mol. The molecule has 2 rings (SSSR count). The van der Waals surface area contributed by atoms with Gasteiger partial charge in [0, 0.05) is 0 Å². The van der Waals surface area contributed by atoms with E-state index in [1.807, 2.05) is 0 Å². The molecule has 0 aliphatic heterocycles. The molecule has 0 bridgehead atoms. The predicted molar refractivity (Wildman–Crippen MR) is 42.3 cm³/mol. The van der Waals surface area contributed by atoms with Gasteiger partial charge in [-0.15, -0.1) is 0 Å². The number of ether oxygens (including phenoxy) is 1. The maximum absolute atomic E-state index is 5.79. The number of halogens is 1. The Morgan fingerprint density at radius 3 is 3.08 bits per heavy atom. The Balaban J connectivity index is 2.82. The molecule has 2 heterocycles. The van der Waals surface area contributed by atoms with Gasteiger partial charge in [-0.3, -0.25) is 0 Å². The van der Waals surface area contributed by atoms with Crippen molar-refractivity contribution in [3.05, 3.63) is 17.5 Å². The number of methoxy groups -OCH3 is 1. The molecule has 0 radical (unpaired) electrons. The number of hydrogen-bond donors (Lipinski definition) is 0. The van der Waals surface area contributed by atoms with E-state index in [4.69, 9.17) is 16.3 Å². The first kappa shape index (κ1) is 7.30. The fraction of sp³-hybridized carbons (Fsp3) is 0.167. The summed E-state index contributed by atoms with van der Waals surface area (Å²) in [5.41, 5.74) is 0.545. The van der Waals surface area contributed by atoms with Crippen LogP contribution in [0.5, 0.6) is 6.01 Å². The molecule has 6 heteroatoms. The second-order valence-corrected chi connectivity index (χ2v) is 2.50. The Morgan fingerprint density at radius 1 is 1.50 bits per heavy atom. The van der Waals surface area contributed by atoms with Gasteiger partial charge in [0.15, 0.2) is 5.65 Å². The van der Waals surface area contributed by atoms with Gasteiger partial charge in [-0.1, -0.05) is 11.6 Å². The second-order valence-electron chi connectivity index (χ2n) is 2.09. The molecule has 2 aromatic rings. The van der Waals surface area contributed by atoms with Gasteiger partial charge in [0.25, 0.3) is 0 Å². The minimum absolute atomic E-state index is 0.368. The largest absolute Gasteiger partial charge is 0.467 e. The molecule has 0 aliphatic rings. The quantitative estimate of drug-likeness (QED) is 0.658. The molecule has 0 aromatic carbocycles. The fourth-order valence-electron chi connectivity index (χ4n) is 0.908. The van der Waals surface area contributed by atoms with E-state index in [-0.39, 0.29) is 0 Å². The van der Waals surface area contributed by atoms with Crippen LogP contribution in [0.15, 0.2) is 12.5 Å². The van der Waals surface area contributed by atoms with Crippen LogP contribution in [0.25, 0.3) is 5.65 Å². The summed E-state index contributed by atoms with van der Waals surface area (Å²) in [6.07, 6.45) is 2.87. The topological polar surface area (TPSA) is 52.3 Å². The van der Waals surface area contributed by atoms with Crippen molar-refractivity contribution in [2.75, 3.05) is 7.11 Å². The van der Waals surface area contributed by atoms with Crippen LogP contribution < -0.4 is 4.74 Å². The van der Waals surface area contributed by atoms with Gasteiger partial charge < -0.3 is 4.74 Å². The molecule has 0 N–H and O–H groups in total. The van der Waals surface area contributed by atoms with Gasteiger partial charge >= 0.3 is 6.01 Å². The van der Waals surface area contributed by atoms with Crippen LogP contribution in [0, 0.1) is 0 Å². The highest BCUT2D eigenvalue weighted by Crippen LogP contribution is 2.16. The number of aromatic nitrogens is 4. The van der Waals surface area contributed by atoms with Crippen molar-refractivity contribution in [2.24, 2.45) is 0 Å². The summed E-state index contributed by atoms with van der Waals surface area (Å²) < 4.78 is 6.36. The SMILES string of the molecule is COc1ncc(Cl)c2ncnn12. The van der Waals surface area contributed by atoms with Crippen molar-refractivity contribution >= 4 is 17.2 Å². The first-order valence-corrected chi connectivity index (χ1v) is 3.59. The van der Waals surface area contributed by atoms with Crippen molar-refractivity contribution in [3.63, 3.8) is 0 Å². The summed E-state index contributed by atoms with van der Waals surface area (Å²) in [6, 6.07) is 0.368. The Bertz CT molecular complexity index is 413. The number of nitrogens with zero attached hydrogens (tertiary/aromatic N) is 4. The molecule has 0 fully saturated rings. The van der Waals surface area contributed by atoms with E-state index in [0.29, 0.717) is 16.7 Å². The summed E-state index contributed by atoms with van der Waals surface area (Å²) in [7, 11) is 1.51. The van der Waals surface area contributed by atoms with E-state index in [0.717, 1.165) is 0 Å². The van der Waals surface area contributed by atoms with Crippen LogP contribution in [0.2, 0.25) is 5.02 Å². The Hall–Kier alpha value is -1.36. The van der Waals surface area contributed by atoms with E-state index in [1.54, 1.807) is 0 Å². The molecule has 62 valence electrons. The highest BCUT2D eigenvalue weighted by atomic mass is 35.5. The maximum atomic E-state index is 5.79. The maximum Gasteiger partial charge on any atom is 0.319 e. The van der Waals surface area contributed by atoms with Crippen molar-refractivity contribution in [3.8, 4) is 6.01 Å². The fourth-order valence-corrected chi connectivity index (χ4v) is 1.09. The molecule has 0 saturated carbocycles. The Labute approximate surface area is 73.0 Å². The molecule has 0 amide bonds. The van der Waals surface area contributed by atoms with Crippen LogP contribution in [-0.2, 0) is 0 Å². The minimum atomic E-state index is 0.368. The van der Waals surface area contributed by atoms with E-state index in [1.165, 1.54) is 24.1 Å². The lowest BCUT2D eigenvalue weighted by Crippen LogP contribution is -1.98. The molecule has 5 nitrogen and oxygen atoms in total. The lowest BCUT2D eigenvalue weighted by molar-refractivity contribution is 0.367. The van der Waals surface area contributed by atoms with Crippen LogP contribution in [0.4, 0.5) is 0 Å². The van der Waals surface area contributed by atoms with Crippen LogP contribution in [-0.4, -0.2) is 26.7 Å². The van der Waals surface area contributed by atoms with Crippen LogP contribution in [0.3, 0.4) is 0 Å². The normalized spacial score (nSPS) is 10.5. The zero-order chi connectivity index (χ0) is 8.55. The molecule has 0 unspecified atom stereocenters. The molecule has 0 spiro atoms. The molecule has 0 aliphatic carbocycles.